The molecule has 4 heterocycles. The Morgan fingerprint density at radius 2 is 1.97 bits per heavy atom. The van der Waals surface area contributed by atoms with Crippen LogP contribution in [0.15, 0.2) is 42.7 Å². The summed E-state index contributed by atoms with van der Waals surface area (Å²) in [5, 5.41) is 13.5. The minimum absolute atomic E-state index is 0.00266. The first kappa shape index (κ1) is 19.0. The van der Waals surface area contributed by atoms with Crippen molar-refractivity contribution in [1.82, 2.24) is 14.3 Å². The minimum Gasteiger partial charge on any atom is -0.382 e. The van der Waals surface area contributed by atoms with Gasteiger partial charge in [0.05, 0.1) is 16.7 Å². The first-order valence-electron chi connectivity index (χ1n) is 10.3. The van der Waals surface area contributed by atoms with Crippen molar-refractivity contribution >= 4 is 28.8 Å². The third-order valence-corrected chi connectivity index (χ3v) is 6.55. The van der Waals surface area contributed by atoms with E-state index in [0.717, 1.165) is 42.6 Å². The third-order valence-electron chi connectivity index (χ3n) is 6.33. The van der Waals surface area contributed by atoms with E-state index in [2.05, 4.69) is 16.4 Å². The number of benzene rings is 1. The predicted octanol–water partition coefficient (Wildman–Crippen LogP) is 4.42. The number of nitrogens with one attached hydrogen (secondary N) is 1. The number of halogens is 1. The second-order valence-electron chi connectivity index (χ2n) is 8.29. The van der Waals surface area contributed by atoms with Crippen molar-refractivity contribution < 1.29 is 4.79 Å². The molecule has 2 aromatic heterocycles. The molecule has 0 radical (unpaired) electrons. The first-order valence-corrected chi connectivity index (χ1v) is 10.6. The highest BCUT2D eigenvalue weighted by molar-refractivity contribution is 6.30. The van der Waals surface area contributed by atoms with Crippen molar-refractivity contribution in [2.45, 2.75) is 50.7 Å². The van der Waals surface area contributed by atoms with Crippen LogP contribution >= 0.6 is 11.6 Å². The van der Waals surface area contributed by atoms with Gasteiger partial charge in [-0.15, -0.1) is 0 Å². The Morgan fingerprint density at radius 1 is 1.20 bits per heavy atom. The summed E-state index contributed by atoms with van der Waals surface area (Å²) in [5.41, 5.74) is 3.84. The molecule has 1 aromatic carbocycles. The van der Waals surface area contributed by atoms with Gasteiger partial charge in [0.1, 0.15) is 11.3 Å². The highest BCUT2D eigenvalue weighted by Gasteiger charge is 2.44. The number of aryl methyl sites for hydroxylation is 1. The number of carbonyl (C=O) groups is 1. The molecule has 0 saturated carbocycles. The first-order chi connectivity index (χ1) is 14.5. The lowest BCUT2D eigenvalue weighted by atomic mass is 9.96. The van der Waals surface area contributed by atoms with E-state index in [9.17, 15) is 10.1 Å². The normalized spacial score (nSPS) is 22.8. The zero-order valence-corrected chi connectivity index (χ0v) is 17.4. The summed E-state index contributed by atoms with van der Waals surface area (Å²) < 4.78 is 1.80. The summed E-state index contributed by atoms with van der Waals surface area (Å²) in [6.07, 6.45) is 7.37. The second kappa shape index (κ2) is 7.33. The molecule has 3 aromatic rings. The van der Waals surface area contributed by atoms with E-state index in [1.165, 1.54) is 0 Å². The van der Waals surface area contributed by atoms with Gasteiger partial charge in [0.15, 0.2) is 0 Å². The maximum atomic E-state index is 13.3. The molecule has 0 aliphatic carbocycles. The Bertz CT molecular complexity index is 1170. The molecule has 30 heavy (non-hydrogen) atoms. The lowest BCUT2D eigenvalue weighted by molar-refractivity contribution is 0.0577. The van der Waals surface area contributed by atoms with Crippen LogP contribution < -0.4 is 5.32 Å². The maximum absolute atomic E-state index is 13.3. The molecule has 6 nitrogen and oxygen atoms in total. The molecule has 2 bridgehead atoms. The Hall–Kier alpha value is -3.04. The van der Waals surface area contributed by atoms with Gasteiger partial charge in [-0.05, 0) is 62.4 Å². The fourth-order valence-electron chi connectivity index (χ4n) is 4.89. The number of aromatic nitrogens is 2. The summed E-state index contributed by atoms with van der Waals surface area (Å²) in [4.78, 5) is 19.8. The number of imidazole rings is 1. The van der Waals surface area contributed by atoms with Crippen LogP contribution in [-0.2, 0) is 0 Å². The third kappa shape index (κ3) is 3.29. The van der Waals surface area contributed by atoms with Crippen LogP contribution in [0.2, 0.25) is 5.02 Å². The number of carbonyl (C=O) groups excluding carboxylic acids is 1. The summed E-state index contributed by atoms with van der Waals surface area (Å²) >= 11 is 6.05. The molecular formula is C23H22ClN5O. The molecule has 3 atom stereocenters. The largest absolute Gasteiger partial charge is 0.382 e. The highest BCUT2D eigenvalue weighted by atomic mass is 35.5. The van der Waals surface area contributed by atoms with Crippen LogP contribution in [0.25, 0.3) is 5.65 Å². The van der Waals surface area contributed by atoms with Gasteiger partial charge in [0.2, 0.25) is 0 Å². The molecule has 2 aliphatic rings. The molecule has 2 saturated heterocycles. The Balaban J connectivity index is 1.32. The van der Waals surface area contributed by atoms with Crippen LogP contribution in [-0.4, -0.2) is 38.3 Å². The number of nitriles is 1. The highest BCUT2D eigenvalue weighted by Crippen LogP contribution is 2.38. The van der Waals surface area contributed by atoms with Crippen LogP contribution in [0.4, 0.5) is 5.69 Å². The van der Waals surface area contributed by atoms with Crippen LogP contribution in [0.5, 0.6) is 0 Å². The molecule has 0 spiro atoms. The summed E-state index contributed by atoms with van der Waals surface area (Å²) in [6.45, 7) is 1.94. The smallest absolute Gasteiger partial charge is 0.274 e. The molecule has 152 valence electrons. The van der Waals surface area contributed by atoms with Gasteiger partial charge in [-0.25, -0.2) is 4.98 Å². The number of piperidine rings is 1. The van der Waals surface area contributed by atoms with Crippen molar-refractivity contribution in [3.05, 3.63) is 64.6 Å². The fourth-order valence-corrected chi connectivity index (χ4v) is 5.06. The zero-order valence-electron chi connectivity index (χ0n) is 16.7. The monoisotopic (exact) mass is 419 g/mol. The summed E-state index contributed by atoms with van der Waals surface area (Å²) in [7, 11) is 0. The van der Waals surface area contributed by atoms with Gasteiger partial charge in [-0.2, -0.15) is 5.26 Å². The van der Waals surface area contributed by atoms with Gasteiger partial charge in [0, 0.05) is 36.2 Å². The Labute approximate surface area is 180 Å². The number of fused-ring (bicyclic) bond motifs is 3. The van der Waals surface area contributed by atoms with Crippen molar-refractivity contribution in [2.75, 3.05) is 5.32 Å². The van der Waals surface area contributed by atoms with E-state index in [0.29, 0.717) is 22.3 Å². The minimum atomic E-state index is 0.00266. The van der Waals surface area contributed by atoms with E-state index in [1.807, 2.05) is 36.1 Å². The van der Waals surface area contributed by atoms with Crippen LogP contribution in [0.3, 0.4) is 0 Å². The predicted molar refractivity (Wildman–Crippen MR) is 116 cm³/mol. The van der Waals surface area contributed by atoms with Crippen molar-refractivity contribution in [3.63, 3.8) is 0 Å². The average molecular weight is 420 g/mol. The lowest BCUT2D eigenvalue weighted by Crippen LogP contribution is -2.49. The summed E-state index contributed by atoms with van der Waals surface area (Å²) in [5.74, 6) is 0.00266. The van der Waals surface area contributed by atoms with Gasteiger partial charge in [-0.1, -0.05) is 17.7 Å². The van der Waals surface area contributed by atoms with E-state index in [1.54, 1.807) is 22.9 Å². The van der Waals surface area contributed by atoms with Gasteiger partial charge in [0.25, 0.3) is 5.91 Å². The molecule has 7 heteroatoms. The molecule has 5 rings (SSSR count). The molecule has 1 amide bonds. The van der Waals surface area contributed by atoms with Gasteiger partial charge in [-0.3, -0.25) is 4.79 Å². The van der Waals surface area contributed by atoms with Crippen LogP contribution in [0, 0.1) is 18.3 Å². The van der Waals surface area contributed by atoms with Gasteiger partial charge < -0.3 is 14.6 Å². The summed E-state index contributed by atoms with van der Waals surface area (Å²) in [6, 6.07) is 12.5. The molecule has 2 fully saturated rings. The molecule has 2 aliphatic heterocycles. The van der Waals surface area contributed by atoms with E-state index >= 15 is 0 Å². The van der Waals surface area contributed by atoms with E-state index in [4.69, 9.17) is 11.6 Å². The standard InChI is InChI=1S/C23H22ClN5O/c1-14-2-4-17(8-15(14)11-25)26-18-9-19-5-6-20(10-18)29(19)23(30)21-13-28-12-16(24)3-7-22(28)27-21/h2-4,7-8,12-13,18-20,26H,5-6,9-10H2,1H3/t18?,19-,20+. The van der Waals surface area contributed by atoms with E-state index < -0.39 is 0 Å². The number of anilines is 1. The van der Waals surface area contributed by atoms with Gasteiger partial charge >= 0.3 is 0 Å². The Morgan fingerprint density at radius 3 is 2.70 bits per heavy atom. The maximum Gasteiger partial charge on any atom is 0.274 e. The van der Waals surface area contributed by atoms with E-state index in [-0.39, 0.29) is 18.0 Å². The number of hydrogen-bond donors (Lipinski definition) is 1. The Kier molecular flexibility index (Phi) is 4.63. The topological polar surface area (TPSA) is 73.4 Å². The quantitative estimate of drug-likeness (QED) is 0.682. The number of amides is 1. The SMILES string of the molecule is Cc1ccc(NC2C[C@H]3CC[C@@H](C2)N3C(=O)c2cn3cc(Cl)ccc3n2)cc1C#N. The van der Waals surface area contributed by atoms with Crippen molar-refractivity contribution in [2.24, 2.45) is 0 Å². The number of pyridine rings is 1. The number of hydrogen-bond acceptors (Lipinski definition) is 4. The van der Waals surface area contributed by atoms with Crippen LogP contribution in [0.1, 0.15) is 47.3 Å². The van der Waals surface area contributed by atoms with Crippen molar-refractivity contribution in [3.8, 4) is 6.07 Å². The second-order valence-corrected chi connectivity index (χ2v) is 8.73. The molecule has 1 unspecified atom stereocenters. The zero-order chi connectivity index (χ0) is 20.8. The number of nitrogens with zero attached hydrogens (tertiary/aromatic N) is 4. The fraction of sp³-hybridized carbons (Fsp3) is 0.348. The number of rotatable bonds is 3. The lowest BCUT2D eigenvalue weighted by Gasteiger charge is -2.39. The molecular weight excluding hydrogens is 398 g/mol. The molecule has 1 N–H and O–H groups in total. The van der Waals surface area contributed by atoms with Crippen molar-refractivity contribution in [1.29, 1.82) is 5.26 Å². The average Bonchev–Trinajstić information content (AvgIpc) is 3.27.